The van der Waals surface area contributed by atoms with Crippen LogP contribution in [0.5, 0.6) is 0 Å². The van der Waals surface area contributed by atoms with E-state index in [4.69, 9.17) is 4.74 Å². The van der Waals surface area contributed by atoms with Crippen LogP contribution < -0.4 is 5.32 Å². The Morgan fingerprint density at radius 1 is 1.35 bits per heavy atom. The van der Waals surface area contributed by atoms with Gasteiger partial charge in [0.15, 0.2) is 0 Å². The van der Waals surface area contributed by atoms with Crippen LogP contribution in [-0.4, -0.2) is 28.6 Å². The van der Waals surface area contributed by atoms with Crippen molar-refractivity contribution in [3.05, 3.63) is 35.4 Å². The van der Waals surface area contributed by atoms with Crippen molar-refractivity contribution in [3.8, 4) is 0 Å². The molecule has 0 bridgehead atoms. The highest BCUT2D eigenvalue weighted by Gasteiger charge is 2.60. The second-order valence-corrected chi connectivity index (χ2v) is 7.66. The van der Waals surface area contributed by atoms with Crippen LogP contribution in [0.1, 0.15) is 50.0 Å². The molecule has 4 atom stereocenters. The van der Waals surface area contributed by atoms with E-state index in [9.17, 15) is 14.7 Å². The average molecular weight is 317 g/mol. The lowest BCUT2D eigenvalue weighted by Crippen LogP contribution is -2.61. The second-order valence-electron chi connectivity index (χ2n) is 7.66. The smallest absolute Gasteiger partial charge is 0.329 e. The largest absolute Gasteiger partial charge is 0.458 e. The molecule has 1 heterocycles. The van der Waals surface area contributed by atoms with E-state index >= 15 is 0 Å². The van der Waals surface area contributed by atoms with Gasteiger partial charge in [-0.1, -0.05) is 25.1 Å². The molecular weight excluding hydrogens is 294 g/mol. The summed E-state index contributed by atoms with van der Waals surface area (Å²) >= 11 is 0. The first kappa shape index (κ1) is 16.0. The van der Waals surface area contributed by atoms with Crippen molar-refractivity contribution in [2.24, 2.45) is 11.8 Å². The number of amides is 1. The summed E-state index contributed by atoms with van der Waals surface area (Å²) in [5, 5.41) is 13.9. The second kappa shape index (κ2) is 5.06. The molecule has 1 aliphatic carbocycles. The molecule has 0 unspecified atom stereocenters. The highest BCUT2D eigenvalue weighted by atomic mass is 16.6. The molecule has 0 spiro atoms. The molecule has 1 amide bonds. The van der Waals surface area contributed by atoms with Gasteiger partial charge in [-0.3, -0.25) is 4.79 Å². The predicted octanol–water partition coefficient (Wildman–Crippen LogP) is 1.98. The lowest BCUT2D eigenvalue weighted by atomic mass is 9.56. The van der Waals surface area contributed by atoms with Gasteiger partial charge in [-0.25, -0.2) is 4.79 Å². The van der Waals surface area contributed by atoms with Crippen LogP contribution in [0.4, 0.5) is 0 Å². The van der Waals surface area contributed by atoms with Crippen LogP contribution in [0.2, 0.25) is 0 Å². The molecule has 1 aromatic carbocycles. The molecule has 3 rings (SSSR count). The van der Waals surface area contributed by atoms with Crippen LogP contribution in [0.25, 0.3) is 0 Å². The van der Waals surface area contributed by atoms with Crippen LogP contribution in [-0.2, 0) is 15.1 Å². The SMILES string of the molecule is C[C@@H]1C[C@@]2(O)c3ccccc3C(=O)N[C@H](C(=O)OC(C)(C)C)[C@@H]12. The van der Waals surface area contributed by atoms with E-state index in [1.807, 2.05) is 6.92 Å². The minimum absolute atomic E-state index is 0.115. The van der Waals surface area contributed by atoms with Crippen molar-refractivity contribution >= 4 is 11.9 Å². The fourth-order valence-electron chi connectivity index (χ4n) is 3.90. The summed E-state index contributed by atoms with van der Waals surface area (Å²) in [6.07, 6.45) is 0.531. The Morgan fingerprint density at radius 3 is 2.61 bits per heavy atom. The van der Waals surface area contributed by atoms with Gasteiger partial charge in [-0.2, -0.15) is 0 Å². The average Bonchev–Trinajstić information content (AvgIpc) is 2.50. The number of fused-ring (bicyclic) bond motifs is 3. The molecule has 1 saturated carbocycles. The van der Waals surface area contributed by atoms with Gasteiger partial charge in [0.2, 0.25) is 0 Å². The van der Waals surface area contributed by atoms with Gasteiger partial charge in [0, 0.05) is 11.5 Å². The van der Waals surface area contributed by atoms with E-state index in [-0.39, 0.29) is 17.7 Å². The molecule has 1 fully saturated rings. The molecule has 2 aliphatic rings. The van der Waals surface area contributed by atoms with Crippen molar-refractivity contribution in [1.82, 2.24) is 5.32 Å². The highest BCUT2D eigenvalue weighted by Crippen LogP contribution is 2.54. The molecule has 124 valence electrons. The molecule has 1 aliphatic heterocycles. The molecular formula is C18H23NO4. The fourth-order valence-corrected chi connectivity index (χ4v) is 3.90. The minimum Gasteiger partial charge on any atom is -0.458 e. The Bertz CT molecular complexity index is 663. The quantitative estimate of drug-likeness (QED) is 0.777. The third-order valence-corrected chi connectivity index (χ3v) is 4.74. The van der Waals surface area contributed by atoms with Gasteiger partial charge in [0.1, 0.15) is 11.6 Å². The number of carbonyl (C=O) groups is 2. The van der Waals surface area contributed by atoms with Gasteiger partial charge < -0.3 is 15.2 Å². The predicted molar refractivity (Wildman–Crippen MR) is 84.7 cm³/mol. The Balaban J connectivity index is 2.02. The molecule has 2 N–H and O–H groups in total. The number of hydrogen-bond acceptors (Lipinski definition) is 4. The number of aliphatic hydroxyl groups is 1. The summed E-state index contributed by atoms with van der Waals surface area (Å²) in [5.74, 6) is -1.10. The van der Waals surface area contributed by atoms with E-state index in [2.05, 4.69) is 5.32 Å². The van der Waals surface area contributed by atoms with E-state index in [0.29, 0.717) is 17.5 Å². The molecule has 1 aromatic rings. The first-order valence-corrected chi connectivity index (χ1v) is 7.99. The number of benzene rings is 1. The summed E-state index contributed by atoms with van der Waals surface area (Å²) in [7, 11) is 0. The van der Waals surface area contributed by atoms with Crippen molar-refractivity contribution < 1.29 is 19.4 Å². The lowest BCUT2D eigenvalue weighted by molar-refractivity contribution is -0.182. The third kappa shape index (κ3) is 2.53. The monoisotopic (exact) mass is 317 g/mol. The zero-order valence-electron chi connectivity index (χ0n) is 13.9. The van der Waals surface area contributed by atoms with E-state index < -0.39 is 23.2 Å². The molecule has 5 heteroatoms. The third-order valence-electron chi connectivity index (χ3n) is 4.74. The first-order chi connectivity index (χ1) is 10.6. The van der Waals surface area contributed by atoms with Gasteiger partial charge in [-0.15, -0.1) is 0 Å². The fraction of sp³-hybridized carbons (Fsp3) is 0.556. The standard InChI is InChI=1S/C18H23NO4/c1-10-9-18(22)12-8-6-5-7-11(12)15(20)19-14(13(10)18)16(21)23-17(2,3)4/h5-8,10,13-14,22H,9H2,1-4H3,(H,19,20)/t10-,13-,14+,18-/m1/s1. The van der Waals surface area contributed by atoms with Crippen LogP contribution >= 0.6 is 0 Å². The Kier molecular flexibility index (Phi) is 3.52. The van der Waals surface area contributed by atoms with Gasteiger partial charge in [0.25, 0.3) is 5.91 Å². The normalized spacial score (nSPS) is 32.7. The van der Waals surface area contributed by atoms with E-state index in [1.165, 1.54) is 0 Å². The molecule has 5 nitrogen and oxygen atoms in total. The van der Waals surface area contributed by atoms with Gasteiger partial charge in [0.05, 0.1) is 5.60 Å². The van der Waals surface area contributed by atoms with E-state index in [1.54, 1.807) is 45.0 Å². The molecule has 23 heavy (non-hydrogen) atoms. The Morgan fingerprint density at radius 2 is 2.00 bits per heavy atom. The van der Waals surface area contributed by atoms with Crippen molar-refractivity contribution in [2.75, 3.05) is 0 Å². The number of hydrogen-bond donors (Lipinski definition) is 2. The summed E-state index contributed by atoms with van der Waals surface area (Å²) in [6.45, 7) is 7.34. The number of esters is 1. The molecule has 0 aromatic heterocycles. The Hall–Kier alpha value is -1.88. The summed E-state index contributed by atoms with van der Waals surface area (Å²) in [5.41, 5.74) is -0.785. The molecule has 0 saturated heterocycles. The zero-order valence-corrected chi connectivity index (χ0v) is 13.9. The van der Waals surface area contributed by atoms with E-state index in [0.717, 1.165) is 0 Å². The van der Waals surface area contributed by atoms with Crippen LogP contribution in [0.3, 0.4) is 0 Å². The summed E-state index contributed by atoms with van der Waals surface area (Å²) in [6, 6.07) is 6.17. The maximum Gasteiger partial charge on any atom is 0.329 e. The maximum atomic E-state index is 12.6. The number of ether oxygens (including phenoxy) is 1. The highest BCUT2D eigenvalue weighted by molar-refractivity contribution is 5.99. The van der Waals surface area contributed by atoms with Crippen LogP contribution in [0.15, 0.2) is 24.3 Å². The summed E-state index contributed by atoms with van der Waals surface area (Å²) in [4.78, 5) is 25.1. The number of rotatable bonds is 1. The van der Waals surface area contributed by atoms with Gasteiger partial charge >= 0.3 is 5.97 Å². The maximum absolute atomic E-state index is 12.6. The molecule has 0 radical (unpaired) electrons. The Labute approximate surface area is 136 Å². The first-order valence-electron chi connectivity index (χ1n) is 7.99. The van der Waals surface area contributed by atoms with Crippen molar-refractivity contribution in [2.45, 2.75) is 51.4 Å². The van der Waals surface area contributed by atoms with Crippen molar-refractivity contribution in [3.63, 3.8) is 0 Å². The minimum atomic E-state index is -1.17. The topological polar surface area (TPSA) is 75.6 Å². The van der Waals surface area contributed by atoms with Crippen molar-refractivity contribution in [1.29, 1.82) is 0 Å². The lowest BCUT2D eigenvalue weighted by Gasteiger charge is -2.52. The summed E-state index contributed by atoms with van der Waals surface area (Å²) < 4.78 is 5.46. The van der Waals surface area contributed by atoms with Gasteiger partial charge in [-0.05, 0) is 44.7 Å². The van der Waals surface area contributed by atoms with Crippen LogP contribution in [0, 0.1) is 11.8 Å². The number of nitrogens with one attached hydrogen (secondary N) is 1. The number of carbonyl (C=O) groups excluding carboxylic acids is 2. The zero-order chi connectivity index (χ0) is 17.0.